The molecule has 0 fully saturated rings. The molecule has 5 nitrogen and oxygen atoms in total. The molecule has 0 radical (unpaired) electrons. The van der Waals surface area contributed by atoms with E-state index in [1.807, 2.05) is 4.68 Å². The smallest absolute Gasteiger partial charge is 0.161 e. The lowest BCUT2D eigenvalue weighted by molar-refractivity contribution is 0.349. The van der Waals surface area contributed by atoms with Crippen LogP contribution in [0.1, 0.15) is 48.7 Å². The van der Waals surface area contributed by atoms with Crippen LogP contribution >= 0.6 is 0 Å². The molecule has 0 spiro atoms. The summed E-state index contributed by atoms with van der Waals surface area (Å²) in [5.74, 6) is 7.02. The zero-order valence-corrected chi connectivity index (χ0v) is 12.7. The molecule has 5 heteroatoms. The van der Waals surface area contributed by atoms with Crippen LogP contribution in [0.5, 0.6) is 5.75 Å². The molecule has 0 bridgehead atoms. The van der Waals surface area contributed by atoms with Crippen LogP contribution in [0.3, 0.4) is 0 Å². The van der Waals surface area contributed by atoms with Gasteiger partial charge in [-0.1, -0.05) is 24.3 Å². The maximum Gasteiger partial charge on any atom is 0.161 e. The minimum Gasteiger partial charge on any atom is -0.493 e. The average molecular weight is 286 g/mol. The number of fused-ring (bicyclic) bond motifs is 1. The second kappa shape index (κ2) is 5.50. The highest BCUT2D eigenvalue weighted by Crippen LogP contribution is 2.45. The molecule has 0 saturated carbocycles. The first-order valence-electron chi connectivity index (χ1n) is 7.32. The Morgan fingerprint density at radius 3 is 2.76 bits per heavy atom. The normalized spacial score (nSPS) is 18.2. The number of nitrogens with two attached hydrogens (primary N) is 1. The predicted octanol–water partition coefficient (Wildman–Crippen LogP) is 2.32. The summed E-state index contributed by atoms with van der Waals surface area (Å²) in [6, 6.07) is 8.77. The molecule has 1 aromatic carbocycles. The third-order valence-corrected chi connectivity index (χ3v) is 4.28. The summed E-state index contributed by atoms with van der Waals surface area (Å²) in [6.45, 7) is 4.22. The Bertz CT molecular complexity index is 635. The van der Waals surface area contributed by atoms with E-state index in [0.29, 0.717) is 5.92 Å². The molecule has 2 unspecified atom stereocenters. The van der Waals surface area contributed by atoms with E-state index in [4.69, 9.17) is 10.6 Å². The van der Waals surface area contributed by atoms with Gasteiger partial charge in [-0.15, -0.1) is 0 Å². The van der Waals surface area contributed by atoms with Gasteiger partial charge in [-0.2, -0.15) is 5.10 Å². The van der Waals surface area contributed by atoms with Crippen LogP contribution in [0.25, 0.3) is 0 Å². The van der Waals surface area contributed by atoms with Crippen LogP contribution in [0, 0.1) is 0 Å². The fourth-order valence-corrected chi connectivity index (χ4v) is 3.20. The van der Waals surface area contributed by atoms with Crippen LogP contribution in [0.2, 0.25) is 0 Å². The largest absolute Gasteiger partial charge is 0.493 e. The van der Waals surface area contributed by atoms with Crippen molar-refractivity contribution in [3.8, 4) is 5.75 Å². The number of ether oxygens (including phenoxy) is 1. The van der Waals surface area contributed by atoms with Gasteiger partial charge >= 0.3 is 0 Å². The molecule has 3 rings (SSSR count). The second-order valence-electron chi connectivity index (χ2n) is 5.79. The van der Waals surface area contributed by atoms with Gasteiger partial charge < -0.3 is 4.74 Å². The number of benzene rings is 1. The van der Waals surface area contributed by atoms with Crippen molar-refractivity contribution in [3.05, 3.63) is 47.3 Å². The highest BCUT2D eigenvalue weighted by atomic mass is 16.5. The van der Waals surface area contributed by atoms with Gasteiger partial charge in [0.05, 0.1) is 25.0 Å². The molecular formula is C16H22N4O. The molecule has 1 aromatic heterocycles. The lowest BCUT2D eigenvalue weighted by Gasteiger charge is -2.37. The highest BCUT2D eigenvalue weighted by Gasteiger charge is 2.36. The van der Waals surface area contributed by atoms with Crippen molar-refractivity contribution in [3.63, 3.8) is 0 Å². The van der Waals surface area contributed by atoms with Crippen molar-refractivity contribution in [2.75, 3.05) is 7.11 Å². The molecule has 0 amide bonds. The van der Waals surface area contributed by atoms with E-state index in [1.165, 1.54) is 11.1 Å². The van der Waals surface area contributed by atoms with E-state index in [2.05, 4.69) is 48.6 Å². The third-order valence-electron chi connectivity index (χ3n) is 4.28. The Labute approximate surface area is 125 Å². The maximum absolute atomic E-state index is 5.88. The van der Waals surface area contributed by atoms with Crippen LogP contribution < -0.4 is 16.0 Å². The molecule has 21 heavy (non-hydrogen) atoms. The minimum absolute atomic E-state index is 0.000231. The van der Waals surface area contributed by atoms with E-state index < -0.39 is 0 Å². The first kappa shape index (κ1) is 14.1. The van der Waals surface area contributed by atoms with E-state index in [-0.39, 0.29) is 12.1 Å². The predicted molar refractivity (Wildman–Crippen MR) is 82.1 cm³/mol. The summed E-state index contributed by atoms with van der Waals surface area (Å²) in [6.07, 6.45) is 2.79. The van der Waals surface area contributed by atoms with Crippen molar-refractivity contribution >= 4 is 0 Å². The number of nitrogens with zero attached hydrogens (tertiary/aromatic N) is 2. The monoisotopic (exact) mass is 286 g/mol. The SMILES string of the molecule is COc1cnn(C(C)C)c1C(NN)C1Cc2ccccc21. The number of rotatable bonds is 5. The summed E-state index contributed by atoms with van der Waals surface area (Å²) in [5, 5.41) is 4.45. The van der Waals surface area contributed by atoms with Crippen molar-refractivity contribution in [2.45, 2.75) is 38.3 Å². The van der Waals surface area contributed by atoms with Crippen molar-refractivity contribution in [1.29, 1.82) is 0 Å². The van der Waals surface area contributed by atoms with E-state index in [1.54, 1.807) is 13.3 Å². The van der Waals surface area contributed by atoms with Gasteiger partial charge in [0.2, 0.25) is 0 Å². The van der Waals surface area contributed by atoms with Gasteiger partial charge in [0.25, 0.3) is 0 Å². The number of nitrogens with one attached hydrogen (secondary N) is 1. The Morgan fingerprint density at radius 1 is 1.38 bits per heavy atom. The lowest BCUT2D eigenvalue weighted by Crippen LogP contribution is -2.38. The molecule has 0 saturated heterocycles. The van der Waals surface area contributed by atoms with E-state index in [0.717, 1.165) is 17.9 Å². The van der Waals surface area contributed by atoms with E-state index in [9.17, 15) is 0 Å². The Morgan fingerprint density at radius 2 is 2.14 bits per heavy atom. The first-order valence-corrected chi connectivity index (χ1v) is 7.32. The second-order valence-corrected chi connectivity index (χ2v) is 5.79. The maximum atomic E-state index is 5.88. The fourth-order valence-electron chi connectivity index (χ4n) is 3.20. The Kier molecular flexibility index (Phi) is 3.69. The van der Waals surface area contributed by atoms with Gasteiger partial charge in [-0.3, -0.25) is 16.0 Å². The van der Waals surface area contributed by atoms with E-state index >= 15 is 0 Å². The number of hydrazine groups is 1. The van der Waals surface area contributed by atoms with Crippen molar-refractivity contribution in [2.24, 2.45) is 5.84 Å². The molecule has 1 aliphatic carbocycles. The van der Waals surface area contributed by atoms with Gasteiger partial charge in [0.15, 0.2) is 5.75 Å². The summed E-state index contributed by atoms with van der Waals surface area (Å²) >= 11 is 0. The van der Waals surface area contributed by atoms with Gasteiger partial charge in [0, 0.05) is 12.0 Å². The molecule has 2 aromatic rings. The zero-order valence-electron chi connectivity index (χ0n) is 12.7. The number of hydrogen-bond acceptors (Lipinski definition) is 4. The molecular weight excluding hydrogens is 264 g/mol. The lowest BCUT2D eigenvalue weighted by atomic mass is 9.72. The number of hydrogen-bond donors (Lipinski definition) is 2. The standard InChI is InChI=1S/C16H22N4O/c1-10(2)20-16(14(21-3)9-18-20)15(19-17)13-8-11-6-4-5-7-12(11)13/h4-7,9-10,13,15,19H,8,17H2,1-3H3. The first-order chi connectivity index (χ1) is 10.2. The van der Waals surface area contributed by atoms with Crippen molar-refractivity contribution < 1.29 is 4.74 Å². The van der Waals surface area contributed by atoms with Crippen LogP contribution in [-0.2, 0) is 6.42 Å². The van der Waals surface area contributed by atoms with Crippen molar-refractivity contribution in [1.82, 2.24) is 15.2 Å². The van der Waals surface area contributed by atoms with Gasteiger partial charge in [-0.25, -0.2) is 0 Å². The summed E-state index contributed by atoms with van der Waals surface area (Å²) in [7, 11) is 1.67. The molecule has 1 heterocycles. The van der Waals surface area contributed by atoms with Crippen LogP contribution in [0.4, 0.5) is 0 Å². The zero-order chi connectivity index (χ0) is 15.0. The van der Waals surface area contributed by atoms with Crippen LogP contribution in [-0.4, -0.2) is 16.9 Å². The third kappa shape index (κ3) is 2.22. The van der Waals surface area contributed by atoms with Gasteiger partial charge in [0.1, 0.15) is 0 Å². The number of aromatic nitrogens is 2. The van der Waals surface area contributed by atoms with Crippen LogP contribution in [0.15, 0.2) is 30.5 Å². The summed E-state index contributed by atoms with van der Waals surface area (Å²) < 4.78 is 7.48. The molecule has 0 aliphatic heterocycles. The molecule has 112 valence electrons. The Balaban J connectivity index is 2.00. The average Bonchev–Trinajstić information content (AvgIpc) is 2.88. The Hall–Kier alpha value is -1.85. The molecule has 2 atom stereocenters. The quantitative estimate of drug-likeness (QED) is 0.654. The summed E-state index contributed by atoms with van der Waals surface area (Å²) in [4.78, 5) is 0. The van der Waals surface area contributed by atoms with Gasteiger partial charge in [-0.05, 0) is 31.4 Å². The molecule has 3 N–H and O–H groups in total. The fraction of sp³-hybridized carbons (Fsp3) is 0.438. The topological polar surface area (TPSA) is 65.1 Å². The summed E-state index contributed by atoms with van der Waals surface area (Å²) in [5.41, 5.74) is 6.76. The highest BCUT2D eigenvalue weighted by molar-refractivity contribution is 5.44. The number of methoxy groups -OCH3 is 1. The minimum atomic E-state index is -0.000231. The molecule has 1 aliphatic rings.